The predicted molar refractivity (Wildman–Crippen MR) is 104 cm³/mol. The minimum atomic E-state index is -0.270. The van der Waals surface area contributed by atoms with Crippen LogP contribution in [0.3, 0.4) is 0 Å². The number of hydrazine groups is 1. The van der Waals surface area contributed by atoms with E-state index in [1.807, 2.05) is 55.5 Å². The number of carbonyl (C=O) groups is 1. The van der Waals surface area contributed by atoms with Gasteiger partial charge in [-0.25, -0.2) is 5.01 Å². The van der Waals surface area contributed by atoms with E-state index >= 15 is 0 Å². The summed E-state index contributed by atoms with van der Waals surface area (Å²) < 4.78 is 16.4. The van der Waals surface area contributed by atoms with Gasteiger partial charge in [-0.1, -0.05) is 18.2 Å². The van der Waals surface area contributed by atoms with Crippen molar-refractivity contribution in [3.63, 3.8) is 0 Å². The fraction of sp³-hybridized carbons (Fsp3) is 0.286. The molecule has 0 spiro atoms. The molecule has 0 saturated carbocycles. The number of hydrogen-bond donors (Lipinski definition) is 1. The quantitative estimate of drug-likeness (QED) is 0.845. The standard InChI is InChI=1S/C21H24N2O4/c1-5-27-19-9-7-6-8-16(19)18-13-17(22-23(18)14(2)24)15-10-11-20(25-3)21(12-15)26-4/h6-13,18,22H,5H2,1-4H3/t18-/m1/s1. The molecule has 6 nitrogen and oxygen atoms in total. The van der Waals surface area contributed by atoms with Crippen LogP contribution in [0, 0.1) is 0 Å². The van der Waals surface area contributed by atoms with E-state index in [2.05, 4.69) is 5.43 Å². The second-order valence-electron chi connectivity index (χ2n) is 6.07. The Morgan fingerprint density at radius 1 is 1.07 bits per heavy atom. The van der Waals surface area contributed by atoms with Crippen molar-refractivity contribution in [2.45, 2.75) is 19.9 Å². The van der Waals surface area contributed by atoms with Crippen molar-refractivity contribution < 1.29 is 19.0 Å². The molecule has 142 valence electrons. The van der Waals surface area contributed by atoms with Crippen molar-refractivity contribution in [1.82, 2.24) is 10.4 Å². The zero-order chi connectivity index (χ0) is 19.4. The number of ether oxygens (including phenoxy) is 3. The zero-order valence-electron chi connectivity index (χ0n) is 16.0. The number of nitrogens with zero attached hydrogens (tertiary/aromatic N) is 1. The first kappa shape index (κ1) is 18.6. The molecule has 1 heterocycles. The molecule has 1 aliphatic heterocycles. The summed E-state index contributed by atoms with van der Waals surface area (Å²) in [5.41, 5.74) is 5.85. The molecule has 1 aliphatic rings. The Kier molecular flexibility index (Phi) is 5.54. The minimum Gasteiger partial charge on any atom is -0.494 e. The minimum absolute atomic E-state index is 0.0852. The summed E-state index contributed by atoms with van der Waals surface area (Å²) in [6.07, 6.45) is 2.01. The number of benzene rings is 2. The Bertz CT molecular complexity index is 863. The third kappa shape index (κ3) is 3.69. The molecular formula is C21H24N2O4. The number of methoxy groups -OCH3 is 2. The summed E-state index contributed by atoms with van der Waals surface area (Å²) in [4.78, 5) is 12.2. The van der Waals surface area contributed by atoms with Crippen molar-refractivity contribution in [3.05, 3.63) is 59.7 Å². The van der Waals surface area contributed by atoms with Crippen LogP contribution in [0.4, 0.5) is 0 Å². The molecule has 6 heteroatoms. The lowest BCUT2D eigenvalue weighted by atomic mass is 10.0. The van der Waals surface area contributed by atoms with Crippen LogP contribution in [-0.4, -0.2) is 31.7 Å². The average molecular weight is 368 g/mol. The van der Waals surface area contributed by atoms with E-state index in [9.17, 15) is 4.79 Å². The molecule has 1 amide bonds. The average Bonchev–Trinajstić information content (AvgIpc) is 3.13. The van der Waals surface area contributed by atoms with Gasteiger partial charge in [0.05, 0.1) is 26.5 Å². The molecule has 27 heavy (non-hydrogen) atoms. The zero-order valence-corrected chi connectivity index (χ0v) is 16.0. The fourth-order valence-corrected chi connectivity index (χ4v) is 3.15. The van der Waals surface area contributed by atoms with Gasteiger partial charge in [0.25, 0.3) is 0 Å². The molecule has 2 aromatic rings. The number of rotatable bonds is 6. The maximum atomic E-state index is 12.2. The van der Waals surface area contributed by atoms with E-state index in [1.165, 1.54) is 6.92 Å². The highest BCUT2D eigenvalue weighted by Crippen LogP contribution is 2.37. The van der Waals surface area contributed by atoms with E-state index in [4.69, 9.17) is 14.2 Å². The number of hydrogen-bond acceptors (Lipinski definition) is 5. The highest BCUT2D eigenvalue weighted by Gasteiger charge is 2.31. The summed E-state index contributed by atoms with van der Waals surface area (Å²) in [7, 11) is 3.20. The van der Waals surface area contributed by atoms with Gasteiger partial charge in [-0.15, -0.1) is 0 Å². The number of para-hydroxylation sites is 1. The van der Waals surface area contributed by atoms with Crippen LogP contribution in [0.2, 0.25) is 0 Å². The largest absolute Gasteiger partial charge is 0.494 e. The smallest absolute Gasteiger partial charge is 0.238 e. The lowest BCUT2D eigenvalue weighted by molar-refractivity contribution is -0.132. The lowest BCUT2D eigenvalue weighted by Crippen LogP contribution is -2.38. The molecule has 2 aromatic carbocycles. The Hall–Kier alpha value is -3.15. The lowest BCUT2D eigenvalue weighted by Gasteiger charge is -2.25. The first-order chi connectivity index (χ1) is 13.1. The molecule has 1 N–H and O–H groups in total. The second-order valence-corrected chi connectivity index (χ2v) is 6.07. The summed E-state index contributed by atoms with van der Waals surface area (Å²) in [5.74, 6) is 1.97. The van der Waals surface area contributed by atoms with Crippen molar-refractivity contribution in [3.8, 4) is 17.2 Å². The molecular weight excluding hydrogens is 344 g/mol. The van der Waals surface area contributed by atoms with Crippen molar-refractivity contribution in [1.29, 1.82) is 0 Å². The number of carbonyl (C=O) groups excluding carboxylic acids is 1. The van der Waals surface area contributed by atoms with Gasteiger partial charge in [-0.3, -0.25) is 10.2 Å². The molecule has 0 fully saturated rings. The van der Waals surface area contributed by atoms with Crippen LogP contribution in [0.15, 0.2) is 48.5 Å². The number of nitrogens with one attached hydrogen (secondary N) is 1. The molecule has 0 aliphatic carbocycles. The van der Waals surface area contributed by atoms with Gasteiger partial charge in [0, 0.05) is 18.1 Å². The van der Waals surface area contributed by atoms with Gasteiger partial charge in [0.2, 0.25) is 5.91 Å². The van der Waals surface area contributed by atoms with Gasteiger partial charge in [-0.2, -0.15) is 0 Å². The normalized spacial score (nSPS) is 15.8. The van der Waals surface area contributed by atoms with E-state index in [0.29, 0.717) is 18.1 Å². The van der Waals surface area contributed by atoms with Crippen molar-refractivity contribution >= 4 is 11.6 Å². The summed E-state index contributed by atoms with van der Waals surface area (Å²) >= 11 is 0. The Morgan fingerprint density at radius 2 is 1.81 bits per heavy atom. The summed E-state index contributed by atoms with van der Waals surface area (Å²) in [5, 5.41) is 1.60. The first-order valence-corrected chi connectivity index (χ1v) is 8.81. The van der Waals surface area contributed by atoms with Gasteiger partial charge >= 0.3 is 0 Å². The third-order valence-electron chi connectivity index (χ3n) is 4.41. The topological polar surface area (TPSA) is 60.0 Å². The van der Waals surface area contributed by atoms with Crippen LogP contribution < -0.4 is 19.6 Å². The van der Waals surface area contributed by atoms with Crippen molar-refractivity contribution in [2.24, 2.45) is 0 Å². The van der Waals surface area contributed by atoms with E-state index in [0.717, 1.165) is 22.6 Å². The molecule has 0 radical (unpaired) electrons. The van der Waals surface area contributed by atoms with E-state index in [1.54, 1.807) is 19.2 Å². The maximum Gasteiger partial charge on any atom is 0.238 e. The summed E-state index contributed by atoms with van der Waals surface area (Å²) in [6.45, 7) is 4.04. The number of amides is 1. The molecule has 0 aromatic heterocycles. The molecule has 1 atom stereocenters. The van der Waals surface area contributed by atoms with Crippen LogP contribution in [0.1, 0.15) is 31.0 Å². The van der Waals surface area contributed by atoms with Crippen LogP contribution >= 0.6 is 0 Å². The van der Waals surface area contributed by atoms with E-state index < -0.39 is 0 Å². The van der Waals surface area contributed by atoms with Crippen LogP contribution in [0.25, 0.3) is 5.70 Å². The predicted octanol–water partition coefficient (Wildman–Crippen LogP) is 3.55. The molecule has 0 saturated heterocycles. The monoisotopic (exact) mass is 368 g/mol. The van der Waals surface area contributed by atoms with Gasteiger partial charge in [0.1, 0.15) is 11.8 Å². The van der Waals surface area contributed by atoms with Gasteiger partial charge < -0.3 is 14.2 Å². The van der Waals surface area contributed by atoms with E-state index in [-0.39, 0.29) is 11.9 Å². The molecule has 3 rings (SSSR count). The van der Waals surface area contributed by atoms with Crippen molar-refractivity contribution in [2.75, 3.05) is 20.8 Å². The Morgan fingerprint density at radius 3 is 2.48 bits per heavy atom. The Balaban J connectivity index is 2.02. The fourth-order valence-electron chi connectivity index (χ4n) is 3.15. The Labute approximate surface area is 159 Å². The first-order valence-electron chi connectivity index (χ1n) is 8.81. The highest BCUT2D eigenvalue weighted by atomic mass is 16.5. The highest BCUT2D eigenvalue weighted by molar-refractivity contribution is 5.79. The molecule has 0 bridgehead atoms. The maximum absolute atomic E-state index is 12.2. The molecule has 0 unspecified atom stereocenters. The van der Waals surface area contributed by atoms with Crippen LogP contribution in [-0.2, 0) is 4.79 Å². The van der Waals surface area contributed by atoms with Crippen LogP contribution in [0.5, 0.6) is 17.2 Å². The SMILES string of the molecule is CCOc1ccccc1[C@H]1C=C(c2ccc(OC)c(OC)c2)NN1C(C)=O. The third-order valence-corrected chi connectivity index (χ3v) is 4.41. The van der Waals surface area contributed by atoms with Gasteiger partial charge in [-0.05, 0) is 37.3 Å². The second kappa shape index (κ2) is 8.03. The van der Waals surface area contributed by atoms with Gasteiger partial charge in [0.15, 0.2) is 11.5 Å². The summed E-state index contributed by atoms with van der Waals surface area (Å²) in [6, 6.07) is 13.1.